The molecule has 5 nitrogen and oxygen atoms in total. The maximum absolute atomic E-state index is 11.4. The topological polar surface area (TPSA) is 63.7 Å². The summed E-state index contributed by atoms with van der Waals surface area (Å²) in [5.41, 5.74) is 0. The van der Waals surface area contributed by atoms with Crippen LogP contribution in [-0.2, 0) is 19.6 Å². The van der Waals surface area contributed by atoms with Crippen molar-refractivity contribution in [2.75, 3.05) is 26.0 Å². The molecule has 0 aromatic rings. The molecule has 0 amide bonds. The van der Waals surface area contributed by atoms with Crippen molar-refractivity contribution < 1.29 is 17.9 Å². The third-order valence-electron chi connectivity index (χ3n) is 1.99. The Morgan fingerprint density at radius 3 is 2.69 bits per heavy atom. The lowest BCUT2D eigenvalue weighted by atomic mass is 10.3. The van der Waals surface area contributed by atoms with E-state index in [1.165, 1.54) is 11.4 Å². The van der Waals surface area contributed by atoms with Gasteiger partial charge in [0.1, 0.15) is 6.54 Å². The fraction of sp³-hybridized carbons (Fsp3) is 0.857. The van der Waals surface area contributed by atoms with Crippen molar-refractivity contribution in [2.24, 2.45) is 0 Å². The van der Waals surface area contributed by atoms with Gasteiger partial charge in [0.05, 0.1) is 12.9 Å². The summed E-state index contributed by atoms with van der Waals surface area (Å²) in [5, 5.41) is 0. The van der Waals surface area contributed by atoms with E-state index in [0.717, 1.165) is 6.42 Å². The second-order valence-electron chi connectivity index (χ2n) is 2.93. The summed E-state index contributed by atoms with van der Waals surface area (Å²) in [6.45, 7) is 0.274. The van der Waals surface area contributed by atoms with Crippen molar-refractivity contribution in [2.45, 2.75) is 12.8 Å². The largest absolute Gasteiger partial charge is 0.468 e. The molecule has 0 saturated carbocycles. The predicted octanol–water partition coefficient (Wildman–Crippen LogP) is -0.415. The molecule has 1 rings (SSSR count). The number of hydrogen-bond donors (Lipinski definition) is 0. The van der Waals surface area contributed by atoms with E-state index in [4.69, 9.17) is 0 Å². The smallest absolute Gasteiger partial charge is 0.321 e. The molecule has 0 aromatic heterocycles. The third kappa shape index (κ3) is 2.67. The average molecular weight is 207 g/mol. The van der Waals surface area contributed by atoms with Crippen molar-refractivity contribution in [1.82, 2.24) is 4.31 Å². The molecular formula is C7H13NO4S. The summed E-state index contributed by atoms with van der Waals surface area (Å²) in [6, 6.07) is 0. The summed E-state index contributed by atoms with van der Waals surface area (Å²) in [5.74, 6) is -0.366. The summed E-state index contributed by atoms with van der Waals surface area (Å²) in [6.07, 6.45) is 1.50. The molecule has 0 atom stereocenters. The van der Waals surface area contributed by atoms with Crippen molar-refractivity contribution >= 4 is 16.0 Å². The molecule has 0 unspecified atom stereocenters. The second-order valence-corrected chi connectivity index (χ2v) is 5.02. The summed E-state index contributed by atoms with van der Waals surface area (Å²) < 4.78 is 28.3. The van der Waals surface area contributed by atoms with Crippen LogP contribution in [0, 0.1) is 0 Å². The molecule has 1 heterocycles. The number of sulfonamides is 1. The van der Waals surface area contributed by atoms with E-state index < -0.39 is 16.0 Å². The number of nitrogens with zero attached hydrogens (tertiary/aromatic N) is 1. The number of ether oxygens (including phenoxy) is 1. The van der Waals surface area contributed by atoms with Crippen molar-refractivity contribution in [3.05, 3.63) is 0 Å². The molecule has 0 spiro atoms. The summed E-state index contributed by atoms with van der Waals surface area (Å²) in [7, 11) is -1.95. The van der Waals surface area contributed by atoms with Crippen molar-refractivity contribution in [3.63, 3.8) is 0 Å². The molecule has 0 radical (unpaired) electrons. The highest BCUT2D eigenvalue weighted by Gasteiger charge is 2.27. The minimum atomic E-state index is -3.20. The van der Waals surface area contributed by atoms with Crippen LogP contribution in [0.3, 0.4) is 0 Å². The van der Waals surface area contributed by atoms with Crippen LogP contribution in [0.25, 0.3) is 0 Å². The first-order chi connectivity index (χ1) is 6.06. The molecule has 0 bridgehead atoms. The first-order valence-corrected chi connectivity index (χ1v) is 5.72. The maximum atomic E-state index is 11.4. The zero-order valence-corrected chi connectivity index (χ0v) is 8.34. The van der Waals surface area contributed by atoms with Crippen LogP contribution in [0.2, 0.25) is 0 Å². The molecule has 0 N–H and O–H groups in total. The third-order valence-corrected chi connectivity index (χ3v) is 3.89. The molecule has 6 heteroatoms. The second kappa shape index (κ2) is 4.06. The Morgan fingerprint density at radius 2 is 2.15 bits per heavy atom. The van der Waals surface area contributed by atoms with Gasteiger partial charge in [-0.25, -0.2) is 8.42 Å². The number of carbonyl (C=O) groups is 1. The van der Waals surface area contributed by atoms with Gasteiger partial charge in [-0.2, -0.15) is 4.31 Å². The van der Waals surface area contributed by atoms with Crippen LogP contribution < -0.4 is 0 Å². The molecule has 1 aliphatic heterocycles. The van der Waals surface area contributed by atoms with Crippen LogP contribution in [0.4, 0.5) is 0 Å². The number of esters is 1. The zero-order chi connectivity index (χ0) is 9.90. The first-order valence-electron chi connectivity index (χ1n) is 4.11. The highest BCUT2D eigenvalue weighted by molar-refractivity contribution is 7.89. The lowest BCUT2D eigenvalue weighted by Gasteiger charge is -2.24. The molecule has 0 aromatic carbocycles. The van der Waals surface area contributed by atoms with Crippen LogP contribution in [0.1, 0.15) is 12.8 Å². The Hall–Kier alpha value is -0.620. The Kier molecular flexibility index (Phi) is 3.27. The van der Waals surface area contributed by atoms with Gasteiger partial charge in [-0.15, -0.1) is 0 Å². The number of hydrogen-bond acceptors (Lipinski definition) is 4. The zero-order valence-electron chi connectivity index (χ0n) is 7.52. The molecular weight excluding hydrogens is 194 g/mol. The fourth-order valence-electron chi connectivity index (χ4n) is 1.23. The minimum Gasteiger partial charge on any atom is -0.468 e. The Morgan fingerprint density at radius 1 is 1.46 bits per heavy atom. The first kappa shape index (κ1) is 10.5. The Balaban J connectivity index is 2.62. The van der Waals surface area contributed by atoms with E-state index in [2.05, 4.69) is 4.74 Å². The van der Waals surface area contributed by atoms with Gasteiger partial charge >= 0.3 is 5.97 Å². The average Bonchev–Trinajstić information content (AvgIpc) is 2.08. The summed E-state index contributed by atoms with van der Waals surface area (Å²) >= 11 is 0. The highest BCUT2D eigenvalue weighted by Crippen LogP contribution is 2.12. The van der Waals surface area contributed by atoms with Gasteiger partial charge in [-0.05, 0) is 12.8 Å². The van der Waals surface area contributed by atoms with Crippen LogP contribution in [0.5, 0.6) is 0 Å². The molecule has 0 aliphatic carbocycles. The molecule has 1 fully saturated rings. The minimum absolute atomic E-state index is 0.143. The van der Waals surface area contributed by atoms with E-state index in [0.29, 0.717) is 13.0 Å². The Bertz CT molecular complexity index is 285. The predicted molar refractivity (Wildman–Crippen MR) is 46.6 cm³/mol. The number of carbonyl (C=O) groups excluding carboxylic acids is 1. The van der Waals surface area contributed by atoms with Crippen molar-refractivity contribution in [1.29, 1.82) is 0 Å². The van der Waals surface area contributed by atoms with Gasteiger partial charge in [0.15, 0.2) is 0 Å². The van der Waals surface area contributed by atoms with E-state index in [-0.39, 0.29) is 12.3 Å². The van der Waals surface area contributed by atoms with Gasteiger partial charge in [-0.3, -0.25) is 4.79 Å². The number of methoxy groups -OCH3 is 1. The molecule has 1 saturated heterocycles. The van der Waals surface area contributed by atoms with Crippen molar-refractivity contribution in [3.8, 4) is 0 Å². The quantitative estimate of drug-likeness (QED) is 0.577. The SMILES string of the molecule is COC(=O)CN1CCCCS1(=O)=O. The lowest BCUT2D eigenvalue weighted by Crippen LogP contribution is -2.41. The molecule has 76 valence electrons. The standard InChI is InChI=1S/C7H13NO4S/c1-12-7(9)6-8-4-2-3-5-13(8,10)11/h2-6H2,1H3. The van der Waals surface area contributed by atoms with E-state index in [9.17, 15) is 13.2 Å². The Labute approximate surface area is 77.7 Å². The van der Waals surface area contributed by atoms with Gasteiger partial charge in [0.2, 0.25) is 10.0 Å². The van der Waals surface area contributed by atoms with E-state index in [1.54, 1.807) is 0 Å². The highest BCUT2D eigenvalue weighted by atomic mass is 32.2. The van der Waals surface area contributed by atoms with Crippen LogP contribution >= 0.6 is 0 Å². The molecule has 13 heavy (non-hydrogen) atoms. The van der Waals surface area contributed by atoms with E-state index in [1.807, 2.05) is 0 Å². The van der Waals surface area contributed by atoms with Gasteiger partial charge in [0.25, 0.3) is 0 Å². The monoisotopic (exact) mass is 207 g/mol. The maximum Gasteiger partial charge on any atom is 0.321 e. The van der Waals surface area contributed by atoms with Gasteiger partial charge in [-0.1, -0.05) is 0 Å². The van der Waals surface area contributed by atoms with Crippen LogP contribution in [-0.4, -0.2) is 44.6 Å². The normalized spacial score (nSPS) is 22.5. The van der Waals surface area contributed by atoms with Gasteiger partial charge < -0.3 is 4.74 Å². The fourth-order valence-corrected chi connectivity index (χ4v) is 2.76. The van der Waals surface area contributed by atoms with E-state index >= 15 is 0 Å². The van der Waals surface area contributed by atoms with Gasteiger partial charge in [0, 0.05) is 6.54 Å². The summed E-state index contributed by atoms with van der Waals surface area (Å²) in [4.78, 5) is 10.8. The van der Waals surface area contributed by atoms with Crippen LogP contribution in [0.15, 0.2) is 0 Å². The molecule has 1 aliphatic rings. The number of rotatable bonds is 2. The lowest BCUT2D eigenvalue weighted by molar-refractivity contribution is -0.140.